The van der Waals surface area contributed by atoms with Crippen LogP contribution in [0, 0.1) is 17.2 Å². The van der Waals surface area contributed by atoms with Crippen molar-refractivity contribution in [2.45, 2.75) is 12.8 Å². The first-order chi connectivity index (χ1) is 11.3. The molecular formula is C19H17NO3. The summed E-state index contributed by atoms with van der Waals surface area (Å²) in [5.74, 6) is 0.306. The Bertz CT molecular complexity index is 708. The van der Waals surface area contributed by atoms with E-state index in [4.69, 9.17) is 14.7 Å². The van der Waals surface area contributed by atoms with Crippen molar-refractivity contribution in [2.24, 2.45) is 5.92 Å². The molecule has 2 aromatic carbocycles. The molecule has 1 aliphatic rings. The molecule has 0 radical (unpaired) electrons. The lowest BCUT2D eigenvalue weighted by atomic mass is 10.0. The van der Waals surface area contributed by atoms with Crippen LogP contribution in [0.3, 0.4) is 0 Å². The second-order valence-corrected chi connectivity index (χ2v) is 5.52. The molecule has 3 rings (SSSR count). The summed E-state index contributed by atoms with van der Waals surface area (Å²) in [6.45, 7) is 1.24. The van der Waals surface area contributed by atoms with Gasteiger partial charge in [0.05, 0.1) is 17.6 Å². The predicted molar refractivity (Wildman–Crippen MR) is 85.8 cm³/mol. The molecule has 116 valence electrons. The lowest BCUT2D eigenvalue weighted by Crippen LogP contribution is -2.27. The van der Waals surface area contributed by atoms with E-state index in [1.54, 1.807) is 24.3 Å². The molecular weight excluding hydrogens is 290 g/mol. The van der Waals surface area contributed by atoms with Gasteiger partial charge < -0.3 is 9.47 Å². The number of nitriles is 1. The first kappa shape index (κ1) is 15.3. The van der Waals surface area contributed by atoms with E-state index in [2.05, 4.69) is 6.07 Å². The number of carbonyl (C=O) groups excluding carboxylic acids is 1. The second kappa shape index (κ2) is 7.08. The van der Waals surface area contributed by atoms with Crippen molar-refractivity contribution in [2.75, 3.05) is 13.2 Å². The van der Waals surface area contributed by atoms with E-state index in [0.29, 0.717) is 24.5 Å². The highest BCUT2D eigenvalue weighted by Gasteiger charge is 2.23. The number of benzene rings is 2. The molecule has 0 aliphatic carbocycles. The average molecular weight is 307 g/mol. The summed E-state index contributed by atoms with van der Waals surface area (Å²) in [5.41, 5.74) is 2.67. The van der Waals surface area contributed by atoms with Crippen LogP contribution >= 0.6 is 0 Å². The Hall–Kier alpha value is -2.64. The predicted octanol–water partition coefficient (Wildman–Crippen LogP) is 3.56. The molecule has 0 saturated carbocycles. The standard InChI is InChI=1S/C19H17NO3/c20-13-14-1-3-15(4-2-14)16-5-7-18(8-6-16)23-19(21)17-9-11-22-12-10-17/h1-8,17H,9-12H2. The summed E-state index contributed by atoms with van der Waals surface area (Å²) in [7, 11) is 0. The number of rotatable bonds is 3. The highest BCUT2D eigenvalue weighted by atomic mass is 16.5. The third-order valence-electron chi connectivity index (χ3n) is 3.97. The molecule has 0 N–H and O–H groups in total. The minimum atomic E-state index is -0.181. The summed E-state index contributed by atoms with van der Waals surface area (Å²) < 4.78 is 10.7. The SMILES string of the molecule is N#Cc1ccc(-c2ccc(OC(=O)C3CCOCC3)cc2)cc1. The Labute approximate surface area is 135 Å². The van der Waals surface area contributed by atoms with Gasteiger partial charge in [-0.25, -0.2) is 0 Å². The van der Waals surface area contributed by atoms with Crippen molar-refractivity contribution < 1.29 is 14.3 Å². The monoisotopic (exact) mass is 307 g/mol. The topological polar surface area (TPSA) is 59.3 Å². The Kier molecular flexibility index (Phi) is 4.70. The van der Waals surface area contributed by atoms with E-state index in [0.717, 1.165) is 24.0 Å². The summed E-state index contributed by atoms with van der Waals surface area (Å²) in [4.78, 5) is 12.1. The highest BCUT2D eigenvalue weighted by molar-refractivity contribution is 5.75. The third kappa shape index (κ3) is 3.77. The number of nitrogens with zero attached hydrogens (tertiary/aromatic N) is 1. The number of ether oxygens (including phenoxy) is 2. The normalized spacial score (nSPS) is 14.9. The van der Waals surface area contributed by atoms with Gasteiger partial charge in [0.1, 0.15) is 5.75 Å². The average Bonchev–Trinajstić information content (AvgIpc) is 2.63. The van der Waals surface area contributed by atoms with Crippen LogP contribution in [0.25, 0.3) is 11.1 Å². The van der Waals surface area contributed by atoms with E-state index in [9.17, 15) is 4.79 Å². The molecule has 0 aromatic heterocycles. The third-order valence-corrected chi connectivity index (χ3v) is 3.97. The Morgan fingerprint density at radius 3 is 2.13 bits per heavy atom. The Morgan fingerprint density at radius 2 is 1.57 bits per heavy atom. The molecule has 1 fully saturated rings. The van der Waals surface area contributed by atoms with Crippen LogP contribution in [-0.4, -0.2) is 19.2 Å². The molecule has 2 aromatic rings. The summed E-state index contributed by atoms with van der Waals surface area (Å²) in [6, 6.07) is 16.9. The van der Waals surface area contributed by atoms with Gasteiger partial charge in [0.15, 0.2) is 0 Å². The van der Waals surface area contributed by atoms with Crippen LogP contribution in [-0.2, 0) is 9.53 Å². The summed E-state index contributed by atoms with van der Waals surface area (Å²) in [5, 5.41) is 8.82. The Balaban J connectivity index is 1.66. The molecule has 1 heterocycles. The zero-order valence-corrected chi connectivity index (χ0v) is 12.7. The van der Waals surface area contributed by atoms with E-state index in [1.807, 2.05) is 24.3 Å². The van der Waals surface area contributed by atoms with Crippen LogP contribution in [0.2, 0.25) is 0 Å². The molecule has 1 saturated heterocycles. The van der Waals surface area contributed by atoms with E-state index >= 15 is 0 Å². The molecule has 4 heteroatoms. The largest absolute Gasteiger partial charge is 0.426 e. The number of carbonyl (C=O) groups is 1. The molecule has 0 spiro atoms. The van der Waals surface area contributed by atoms with E-state index in [-0.39, 0.29) is 11.9 Å². The Morgan fingerprint density at radius 1 is 1.00 bits per heavy atom. The van der Waals surface area contributed by atoms with Crippen LogP contribution in [0.1, 0.15) is 18.4 Å². The van der Waals surface area contributed by atoms with Crippen molar-refractivity contribution in [1.29, 1.82) is 5.26 Å². The minimum Gasteiger partial charge on any atom is -0.426 e. The molecule has 23 heavy (non-hydrogen) atoms. The molecule has 0 amide bonds. The quantitative estimate of drug-likeness (QED) is 0.642. The fourth-order valence-electron chi connectivity index (χ4n) is 2.59. The zero-order chi connectivity index (χ0) is 16.1. The molecule has 4 nitrogen and oxygen atoms in total. The van der Waals surface area contributed by atoms with Crippen LogP contribution < -0.4 is 4.74 Å². The first-order valence-corrected chi connectivity index (χ1v) is 7.66. The number of esters is 1. The fraction of sp³-hybridized carbons (Fsp3) is 0.263. The maximum absolute atomic E-state index is 12.1. The molecule has 0 atom stereocenters. The van der Waals surface area contributed by atoms with Crippen molar-refractivity contribution in [3.05, 3.63) is 54.1 Å². The maximum atomic E-state index is 12.1. The smallest absolute Gasteiger partial charge is 0.314 e. The van der Waals surface area contributed by atoms with Gasteiger partial charge in [-0.1, -0.05) is 24.3 Å². The molecule has 0 bridgehead atoms. The van der Waals surface area contributed by atoms with Crippen molar-refractivity contribution in [1.82, 2.24) is 0 Å². The van der Waals surface area contributed by atoms with Crippen molar-refractivity contribution in [3.63, 3.8) is 0 Å². The van der Waals surface area contributed by atoms with Gasteiger partial charge in [0, 0.05) is 13.2 Å². The van der Waals surface area contributed by atoms with Crippen LogP contribution in [0.15, 0.2) is 48.5 Å². The van der Waals surface area contributed by atoms with Gasteiger partial charge in [0.2, 0.25) is 0 Å². The maximum Gasteiger partial charge on any atom is 0.314 e. The highest BCUT2D eigenvalue weighted by Crippen LogP contribution is 2.24. The fourth-order valence-corrected chi connectivity index (χ4v) is 2.59. The van der Waals surface area contributed by atoms with Gasteiger partial charge in [0.25, 0.3) is 0 Å². The van der Waals surface area contributed by atoms with Gasteiger partial charge >= 0.3 is 5.97 Å². The van der Waals surface area contributed by atoms with Crippen LogP contribution in [0.5, 0.6) is 5.75 Å². The number of hydrogen-bond acceptors (Lipinski definition) is 4. The zero-order valence-electron chi connectivity index (χ0n) is 12.7. The van der Waals surface area contributed by atoms with E-state index in [1.165, 1.54) is 0 Å². The van der Waals surface area contributed by atoms with Crippen molar-refractivity contribution in [3.8, 4) is 22.9 Å². The minimum absolute atomic E-state index is 0.0676. The second-order valence-electron chi connectivity index (χ2n) is 5.52. The lowest BCUT2D eigenvalue weighted by molar-refractivity contribution is -0.141. The van der Waals surface area contributed by atoms with Crippen molar-refractivity contribution >= 4 is 5.97 Å². The summed E-state index contributed by atoms with van der Waals surface area (Å²) >= 11 is 0. The number of hydrogen-bond donors (Lipinski definition) is 0. The molecule has 0 unspecified atom stereocenters. The van der Waals surface area contributed by atoms with Gasteiger partial charge in [-0.2, -0.15) is 5.26 Å². The van der Waals surface area contributed by atoms with Gasteiger partial charge in [-0.05, 0) is 48.2 Å². The lowest BCUT2D eigenvalue weighted by Gasteiger charge is -2.20. The van der Waals surface area contributed by atoms with E-state index < -0.39 is 0 Å². The van der Waals surface area contributed by atoms with Gasteiger partial charge in [-0.15, -0.1) is 0 Å². The first-order valence-electron chi connectivity index (χ1n) is 7.66. The van der Waals surface area contributed by atoms with Gasteiger partial charge in [-0.3, -0.25) is 4.79 Å². The van der Waals surface area contributed by atoms with Crippen LogP contribution in [0.4, 0.5) is 0 Å². The summed E-state index contributed by atoms with van der Waals surface area (Å²) in [6.07, 6.45) is 1.45. The molecule has 1 aliphatic heterocycles.